The van der Waals surface area contributed by atoms with Crippen LogP contribution in [0.15, 0.2) is 127 Å². The summed E-state index contributed by atoms with van der Waals surface area (Å²) in [7, 11) is 0. The van der Waals surface area contributed by atoms with Gasteiger partial charge in [-0.3, -0.25) is 0 Å². The van der Waals surface area contributed by atoms with Crippen LogP contribution < -0.4 is 31.1 Å². The van der Waals surface area contributed by atoms with Crippen LogP contribution in [-0.4, -0.2) is 12.3 Å². The predicted octanol–water partition coefficient (Wildman–Crippen LogP) is 20.5. The van der Waals surface area contributed by atoms with Crippen LogP contribution in [0.25, 0.3) is 21.2 Å². The molecule has 6 aliphatic carbocycles. The molecule has 8 aromatic rings. The summed E-state index contributed by atoms with van der Waals surface area (Å²) in [4.78, 5) is 8.28. The lowest BCUT2D eigenvalue weighted by atomic mass is 9.33. The van der Waals surface area contributed by atoms with Crippen LogP contribution in [0, 0.1) is 0 Å². The summed E-state index contributed by atoms with van der Waals surface area (Å²) in [6.07, 6.45) is 14.8. The largest absolute Gasteiger partial charge is 0.334 e. The number of nitrogens with zero attached hydrogens (tertiary/aromatic N) is 3. The van der Waals surface area contributed by atoms with E-state index in [9.17, 15) is 0 Å². The molecule has 2 saturated carbocycles. The van der Waals surface area contributed by atoms with Crippen LogP contribution in [-0.2, 0) is 43.3 Å². The molecule has 17 rings (SSSR count). The summed E-state index contributed by atoms with van der Waals surface area (Å²) in [6.45, 7) is 37.4. The SMILES string of the molecule is CC(C)(C)c1ccc2c(c1)N(c1ccc3c(c1)C(C)(C)CCC3(C)C)c1cc(-c3ccc(N4c5ccccc5C5(C)CCCCC45C)cc3)cc3c1B2c1c(sc2cc4c(cc12)C1(C)CCC4(C)CC1)N3c1ccc2c(c1)C(C)(C)CCC2(C)C. The first-order chi connectivity index (χ1) is 40.1. The van der Waals surface area contributed by atoms with Gasteiger partial charge in [0.1, 0.15) is 0 Å². The van der Waals surface area contributed by atoms with E-state index in [0.29, 0.717) is 0 Å². The van der Waals surface area contributed by atoms with Gasteiger partial charge in [-0.15, -0.1) is 11.3 Å². The van der Waals surface area contributed by atoms with Crippen molar-refractivity contribution in [3.8, 4) is 11.1 Å². The number of benzene rings is 7. The van der Waals surface area contributed by atoms with Crippen LogP contribution in [0.4, 0.5) is 44.8 Å². The quantitative estimate of drug-likeness (QED) is 0.163. The number of para-hydroxylation sites is 1. The second kappa shape index (κ2) is 17.4. The van der Waals surface area contributed by atoms with E-state index in [4.69, 9.17) is 0 Å². The Kier molecular flexibility index (Phi) is 11.1. The van der Waals surface area contributed by atoms with Crippen molar-refractivity contribution in [1.82, 2.24) is 0 Å². The van der Waals surface area contributed by atoms with Gasteiger partial charge in [0, 0.05) is 49.9 Å². The molecule has 4 heterocycles. The van der Waals surface area contributed by atoms with Crippen molar-refractivity contribution >= 4 is 89.3 Å². The maximum atomic E-state index is 2.79. The zero-order valence-corrected chi connectivity index (χ0v) is 54.8. The molecule has 7 aromatic carbocycles. The van der Waals surface area contributed by atoms with Crippen molar-refractivity contribution in [1.29, 1.82) is 0 Å². The van der Waals surface area contributed by atoms with Crippen molar-refractivity contribution in [2.24, 2.45) is 0 Å². The Bertz CT molecular complexity index is 4170. The first kappa shape index (κ1) is 54.4. The Labute approximate surface area is 513 Å². The second-order valence-corrected chi connectivity index (χ2v) is 34.1. The number of rotatable bonds is 4. The fourth-order valence-corrected chi connectivity index (χ4v) is 20.3. The Morgan fingerprint density at radius 2 is 0.953 bits per heavy atom. The molecule has 0 N–H and O–H groups in total. The third kappa shape index (κ3) is 7.44. The van der Waals surface area contributed by atoms with Gasteiger partial charge in [-0.25, -0.2) is 0 Å². The van der Waals surface area contributed by atoms with Gasteiger partial charge in [0.05, 0.1) is 10.5 Å². The lowest BCUT2D eigenvalue weighted by Crippen LogP contribution is -2.61. The van der Waals surface area contributed by atoms with Gasteiger partial charge in [0.15, 0.2) is 0 Å². The van der Waals surface area contributed by atoms with Gasteiger partial charge < -0.3 is 14.7 Å². The van der Waals surface area contributed by atoms with Crippen LogP contribution in [0.2, 0.25) is 0 Å². The monoisotopic (exact) mass is 1140 g/mol. The first-order valence-corrected chi connectivity index (χ1v) is 33.8. The van der Waals surface area contributed by atoms with Gasteiger partial charge >= 0.3 is 0 Å². The maximum absolute atomic E-state index is 2.79. The molecule has 9 aliphatic rings. The molecule has 0 amide bonds. The molecular formula is C80H90BN3S. The zero-order valence-electron chi connectivity index (χ0n) is 53.9. The number of anilines is 8. The van der Waals surface area contributed by atoms with E-state index in [1.54, 1.807) is 11.1 Å². The summed E-state index contributed by atoms with van der Waals surface area (Å²) >= 11 is 2.07. The number of hydrogen-bond donors (Lipinski definition) is 0. The van der Waals surface area contributed by atoms with Gasteiger partial charge in [0.2, 0.25) is 0 Å². The van der Waals surface area contributed by atoms with E-state index >= 15 is 0 Å². The third-order valence-electron chi connectivity index (χ3n) is 25.1. The summed E-state index contributed by atoms with van der Waals surface area (Å²) in [5.74, 6) is 0. The van der Waals surface area contributed by atoms with Crippen LogP contribution >= 0.6 is 11.3 Å². The minimum absolute atomic E-state index is 0.00467. The van der Waals surface area contributed by atoms with Crippen molar-refractivity contribution in [2.45, 2.75) is 230 Å². The number of thiophene rings is 1. The van der Waals surface area contributed by atoms with Crippen molar-refractivity contribution in [2.75, 3.05) is 14.7 Å². The molecule has 2 unspecified atom stereocenters. The third-order valence-corrected chi connectivity index (χ3v) is 26.3. The van der Waals surface area contributed by atoms with E-state index < -0.39 is 0 Å². The van der Waals surface area contributed by atoms with E-state index in [1.165, 1.54) is 193 Å². The maximum Gasteiger partial charge on any atom is 0.254 e. The molecule has 0 radical (unpaired) electrons. The smallest absolute Gasteiger partial charge is 0.254 e. The molecule has 3 aliphatic heterocycles. The lowest BCUT2D eigenvalue weighted by Gasteiger charge is -2.52. The minimum atomic E-state index is -0.0537. The Balaban J connectivity index is 0.995. The average Bonchev–Trinajstić information content (AvgIpc) is 1.77. The highest BCUT2D eigenvalue weighted by atomic mass is 32.1. The molecule has 3 nitrogen and oxygen atoms in total. The van der Waals surface area contributed by atoms with Crippen LogP contribution in [0.3, 0.4) is 0 Å². The minimum Gasteiger partial charge on any atom is -0.334 e. The first-order valence-electron chi connectivity index (χ1n) is 33.0. The standard InChI is InChI=1S/C80H90BN3S/c1-72(2,3)51-24-31-63-65(44-51)82(53-27-29-56-59(45-53)75(8,9)36-34-73(56,4)5)66-42-50(49-22-25-52(26-23-49)84-64-21-17-16-20-58(64)79(14)32-18-19-33-80(79,84)15)43-67-70(66)81(63)69-55-47-61-62(78(13)40-38-77(61,12)39-41-78)48-68(55)85-71(69)83(67)54-28-30-57-60(46-54)76(10,11)37-35-74(57,6)7/h16-17,20-31,42-48H,18-19,32-41H2,1-15H3. The van der Waals surface area contributed by atoms with E-state index in [-0.39, 0.29) is 55.6 Å². The highest BCUT2D eigenvalue weighted by Gasteiger charge is 2.58. The van der Waals surface area contributed by atoms with Crippen LogP contribution in [0.1, 0.15) is 225 Å². The Hall–Kier alpha value is -6.04. The van der Waals surface area contributed by atoms with Crippen molar-refractivity contribution < 1.29 is 0 Å². The van der Waals surface area contributed by atoms with Crippen molar-refractivity contribution in [3.05, 3.63) is 172 Å². The van der Waals surface area contributed by atoms with E-state index in [1.807, 2.05) is 0 Å². The molecule has 434 valence electrons. The fraction of sp³-hybridized carbons (Fsp3) is 0.450. The van der Waals surface area contributed by atoms with E-state index in [2.05, 4.69) is 257 Å². The Morgan fingerprint density at radius 3 is 1.56 bits per heavy atom. The molecule has 5 heteroatoms. The highest BCUT2D eigenvalue weighted by molar-refractivity contribution is 7.26. The van der Waals surface area contributed by atoms with Gasteiger partial charge in [-0.05, 0) is 259 Å². The van der Waals surface area contributed by atoms with E-state index in [0.717, 1.165) is 0 Å². The lowest BCUT2D eigenvalue weighted by molar-refractivity contribution is 0.188. The molecule has 2 fully saturated rings. The summed E-state index contributed by atoms with van der Waals surface area (Å²) in [5, 5.41) is 2.85. The van der Waals surface area contributed by atoms with Gasteiger partial charge in [-0.1, -0.05) is 164 Å². The molecule has 2 atom stereocenters. The summed E-state index contributed by atoms with van der Waals surface area (Å²) in [5.41, 5.74) is 28.9. The molecular weight excluding hydrogens is 1050 g/mol. The molecule has 0 saturated heterocycles. The van der Waals surface area contributed by atoms with Crippen molar-refractivity contribution in [3.63, 3.8) is 0 Å². The van der Waals surface area contributed by atoms with Gasteiger partial charge in [0.25, 0.3) is 6.71 Å². The number of hydrogen-bond acceptors (Lipinski definition) is 4. The molecule has 0 spiro atoms. The highest BCUT2D eigenvalue weighted by Crippen LogP contribution is 2.62. The molecule has 2 bridgehead atoms. The summed E-state index contributed by atoms with van der Waals surface area (Å²) < 4.78 is 1.44. The molecule has 85 heavy (non-hydrogen) atoms. The summed E-state index contributed by atoms with van der Waals surface area (Å²) in [6, 6.07) is 53.0. The zero-order chi connectivity index (χ0) is 59.1. The predicted molar refractivity (Wildman–Crippen MR) is 367 cm³/mol. The fourth-order valence-electron chi connectivity index (χ4n) is 19.0. The van der Waals surface area contributed by atoms with Crippen LogP contribution in [0.5, 0.6) is 0 Å². The Morgan fingerprint density at radius 1 is 0.412 bits per heavy atom. The van der Waals surface area contributed by atoms with Gasteiger partial charge in [-0.2, -0.15) is 0 Å². The average molecular weight is 1140 g/mol. The second-order valence-electron chi connectivity index (χ2n) is 33.1. The normalized spacial score (nSPS) is 26.7. The topological polar surface area (TPSA) is 9.72 Å². The molecule has 1 aromatic heterocycles. The number of fused-ring (bicyclic) bond motifs is 13.